The van der Waals surface area contributed by atoms with E-state index in [1.54, 1.807) is 37.3 Å². The molecule has 2 amide bonds. The fourth-order valence-corrected chi connectivity index (χ4v) is 4.21. The minimum atomic E-state index is -1.17. The van der Waals surface area contributed by atoms with Crippen molar-refractivity contribution in [3.05, 3.63) is 70.7 Å². The summed E-state index contributed by atoms with van der Waals surface area (Å²) >= 11 is 2.71. The summed E-state index contributed by atoms with van der Waals surface area (Å²) in [6.07, 6.45) is 0. The number of rotatable bonds is 7. The van der Waals surface area contributed by atoms with E-state index in [9.17, 15) is 19.5 Å². The molecular weight excluding hydrogens is 422 g/mol. The summed E-state index contributed by atoms with van der Waals surface area (Å²) in [5.74, 6) is -1.85. The molecule has 30 heavy (non-hydrogen) atoms. The highest BCUT2D eigenvalue weighted by Gasteiger charge is 2.18. The molecule has 0 bridgehead atoms. The van der Waals surface area contributed by atoms with Crippen LogP contribution in [0.15, 0.2) is 58.8 Å². The van der Waals surface area contributed by atoms with E-state index in [0.717, 1.165) is 10.6 Å². The summed E-state index contributed by atoms with van der Waals surface area (Å²) in [5, 5.41) is 16.8. The Bertz CT molecular complexity index is 1100. The second-order valence-electron chi connectivity index (χ2n) is 6.38. The number of nitrogens with one attached hydrogen (secondary N) is 2. The van der Waals surface area contributed by atoms with Crippen LogP contribution in [0.1, 0.15) is 33.3 Å². The lowest BCUT2D eigenvalue weighted by atomic mass is 10.1. The van der Waals surface area contributed by atoms with Crippen molar-refractivity contribution in [1.29, 1.82) is 0 Å². The summed E-state index contributed by atoms with van der Waals surface area (Å²) in [6, 6.07) is 13.1. The van der Waals surface area contributed by atoms with Gasteiger partial charge in [-0.15, -0.1) is 23.1 Å². The normalized spacial score (nSPS) is 11.5. The molecule has 0 aliphatic carbocycles. The molecule has 3 N–H and O–H groups in total. The van der Waals surface area contributed by atoms with Crippen LogP contribution in [-0.2, 0) is 4.79 Å². The Labute approximate surface area is 181 Å². The first-order valence-corrected chi connectivity index (χ1v) is 10.7. The van der Waals surface area contributed by atoms with Gasteiger partial charge in [0.1, 0.15) is 0 Å². The zero-order valence-corrected chi connectivity index (χ0v) is 17.8. The van der Waals surface area contributed by atoms with Crippen LogP contribution in [0.2, 0.25) is 0 Å². The van der Waals surface area contributed by atoms with E-state index >= 15 is 0 Å². The third-order valence-electron chi connectivity index (χ3n) is 4.03. The van der Waals surface area contributed by atoms with Gasteiger partial charge in [0.25, 0.3) is 5.91 Å². The average Bonchev–Trinajstić information content (AvgIpc) is 3.12. The van der Waals surface area contributed by atoms with Crippen LogP contribution < -0.4 is 10.6 Å². The Balaban J connectivity index is 1.66. The molecule has 3 rings (SSSR count). The number of carboxylic acids is 1. The van der Waals surface area contributed by atoms with Gasteiger partial charge >= 0.3 is 5.97 Å². The maximum absolute atomic E-state index is 12.5. The molecule has 7 nitrogen and oxygen atoms in total. The van der Waals surface area contributed by atoms with Crippen molar-refractivity contribution in [2.75, 3.05) is 10.6 Å². The Morgan fingerprint density at radius 3 is 2.47 bits per heavy atom. The molecule has 0 aliphatic heterocycles. The molecule has 0 radical (unpaired) electrons. The molecule has 0 fully saturated rings. The van der Waals surface area contributed by atoms with Gasteiger partial charge in [-0.05, 0) is 44.2 Å². The minimum absolute atomic E-state index is 0.0664. The number of carbonyl (C=O) groups excluding carboxylic acids is 2. The SMILES string of the molecule is Cc1csc(NC(=O)C(C)Sc2cccc(NC(=O)c3ccccc3C(=O)O)c2)n1. The number of carbonyl (C=O) groups is 3. The second-order valence-corrected chi connectivity index (χ2v) is 8.65. The number of hydrogen-bond donors (Lipinski definition) is 3. The van der Waals surface area contributed by atoms with Gasteiger partial charge < -0.3 is 15.7 Å². The monoisotopic (exact) mass is 441 g/mol. The lowest BCUT2D eigenvalue weighted by Gasteiger charge is -2.12. The topological polar surface area (TPSA) is 108 Å². The standard InChI is InChI=1S/C21H19N3O4S2/c1-12-11-29-21(22-12)24-18(25)13(2)30-15-7-5-6-14(10-15)23-19(26)16-8-3-4-9-17(16)20(27)28/h3-11,13H,1-2H3,(H,23,26)(H,27,28)(H,22,24,25). The highest BCUT2D eigenvalue weighted by atomic mass is 32.2. The van der Waals surface area contributed by atoms with Gasteiger partial charge in [0.2, 0.25) is 5.91 Å². The molecule has 3 aromatic rings. The van der Waals surface area contributed by atoms with Crippen LogP contribution in [0.3, 0.4) is 0 Å². The molecular formula is C21H19N3O4S2. The first-order chi connectivity index (χ1) is 14.3. The van der Waals surface area contributed by atoms with Crippen LogP contribution in [0.4, 0.5) is 10.8 Å². The van der Waals surface area contributed by atoms with Gasteiger partial charge in [0, 0.05) is 16.0 Å². The van der Waals surface area contributed by atoms with Gasteiger partial charge in [0.15, 0.2) is 5.13 Å². The van der Waals surface area contributed by atoms with Crippen LogP contribution in [0.25, 0.3) is 0 Å². The highest BCUT2D eigenvalue weighted by molar-refractivity contribution is 8.00. The van der Waals surface area contributed by atoms with Crippen LogP contribution in [0, 0.1) is 6.92 Å². The third kappa shape index (κ3) is 5.46. The third-order valence-corrected chi connectivity index (χ3v) is 5.99. The van der Waals surface area contributed by atoms with Gasteiger partial charge in [-0.1, -0.05) is 18.2 Å². The number of carboxylic acid groups (broad SMARTS) is 1. The number of benzene rings is 2. The van der Waals surface area contributed by atoms with Crippen molar-refractivity contribution < 1.29 is 19.5 Å². The quantitative estimate of drug-likeness (QED) is 0.465. The number of aromatic nitrogens is 1. The Kier molecular flexibility index (Phi) is 6.86. The summed E-state index contributed by atoms with van der Waals surface area (Å²) in [6.45, 7) is 3.65. The fraction of sp³-hybridized carbons (Fsp3) is 0.143. The molecule has 154 valence electrons. The summed E-state index contributed by atoms with van der Waals surface area (Å²) < 4.78 is 0. The number of hydrogen-bond acceptors (Lipinski definition) is 6. The summed E-state index contributed by atoms with van der Waals surface area (Å²) in [5.41, 5.74) is 1.37. The number of anilines is 2. The van der Waals surface area contributed by atoms with Crippen molar-refractivity contribution in [1.82, 2.24) is 4.98 Å². The maximum atomic E-state index is 12.5. The van der Waals surface area contributed by atoms with Crippen molar-refractivity contribution in [2.24, 2.45) is 0 Å². The average molecular weight is 442 g/mol. The van der Waals surface area contributed by atoms with Crippen molar-refractivity contribution >= 4 is 51.7 Å². The van der Waals surface area contributed by atoms with Crippen molar-refractivity contribution in [2.45, 2.75) is 24.0 Å². The fourth-order valence-electron chi connectivity index (χ4n) is 2.59. The van der Waals surface area contributed by atoms with E-state index in [4.69, 9.17) is 0 Å². The Morgan fingerprint density at radius 1 is 1.07 bits per heavy atom. The van der Waals surface area contributed by atoms with E-state index in [-0.39, 0.29) is 22.3 Å². The van der Waals surface area contributed by atoms with Gasteiger partial charge in [-0.3, -0.25) is 9.59 Å². The minimum Gasteiger partial charge on any atom is -0.478 e. The van der Waals surface area contributed by atoms with Gasteiger partial charge in [0.05, 0.1) is 22.1 Å². The molecule has 1 unspecified atom stereocenters. The molecule has 2 aromatic carbocycles. The first-order valence-electron chi connectivity index (χ1n) is 8.97. The second kappa shape index (κ2) is 9.55. The Hall–Kier alpha value is -3.17. The first kappa shape index (κ1) is 21.5. The lowest BCUT2D eigenvalue weighted by Crippen LogP contribution is -2.22. The molecule has 1 aromatic heterocycles. The van der Waals surface area contributed by atoms with Crippen LogP contribution in [-0.4, -0.2) is 33.1 Å². The molecule has 0 saturated heterocycles. The van der Waals surface area contributed by atoms with E-state index < -0.39 is 11.9 Å². The molecule has 1 heterocycles. The number of thiazole rings is 1. The molecule has 9 heteroatoms. The summed E-state index contributed by atoms with van der Waals surface area (Å²) in [7, 11) is 0. The number of nitrogens with zero attached hydrogens (tertiary/aromatic N) is 1. The van der Waals surface area contributed by atoms with E-state index in [0.29, 0.717) is 10.8 Å². The van der Waals surface area contributed by atoms with Gasteiger partial charge in [-0.25, -0.2) is 9.78 Å². The van der Waals surface area contributed by atoms with Crippen molar-refractivity contribution in [3.8, 4) is 0 Å². The Morgan fingerprint density at radius 2 is 1.80 bits per heavy atom. The smallest absolute Gasteiger partial charge is 0.336 e. The molecule has 0 aliphatic rings. The maximum Gasteiger partial charge on any atom is 0.336 e. The molecule has 0 spiro atoms. The van der Waals surface area contributed by atoms with Gasteiger partial charge in [-0.2, -0.15) is 0 Å². The zero-order valence-electron chi connectivity index (χ0n) is 16.2. The lowest BCUT2D eigenvalue weighted by molar-refractivity contribution is -0.115. The van der Waals surface area contributed by atoms with Crippen LogP contribution in [0.5, 0.6) is 0 Å². The highest BCUT2D eigenvalue weighted by Crippen LogP contribution is 2.27. The van der Waals surface area contributed by atoms with E-state index in [1.807, 2.05) is 18.4 Å². The van der Waals surface area contributed by atoms with E-state index in [2.05, 4.69) is 15.6 Å². The number of aromatic carboxylic acids is 1. The zero-order chi connectivity index (χ0) is 21.7. The van der Waals surface area contributed by atoms with E-state index in [1.165, 1.54) is 35.2 Å². The summed E-state index contributed by atoms with van der Waals surface area (Å²) in [4.78, 5) is 41.3. The largest absolute Gasteiger partial charge is 0.478 e. The van der Waals surface area contributed by atoms with Crippen molar-refractivity contribution in [3.63, 3.8) is 0 Å². The molecule has 1 atom stereocenters. The number of amides is 2. The number of aryl methyl sites for hydroxylation is 1. The number of thioether (sulfide) groups is 1. The predicted molar refractivity (Wildman–Crippen MR) is 119 cm³/mol. The van der Waals surface area contributed by atoms with Crippen LogP contribution >= 0.6 is 23.1 Å². The molecule has 0 saturated carbocycles. The predicted octanol–water partition coefficient (Wildman–Crippen LogP) is 4.52.